The summed E-state index contributed by atoms with van der Waals surface area (Å²) >= 11 is 3.05. The molecule has 1 atom stereocenters. The normalized spacial score (nSPS) is 13.0. The maximum absolute atomic E-state index is 12.0. The van der Waals surface area contributed by atoms with Crippen LogP contribution in [0, 0.1) is 20.2 Å². The zero-order valence-electron chi connectivity index (χ0n) is 13.4. The molecule has 2 aromatic rings. The number of hydrogen-bond acceptors (Lipinski definition) is 8. The molecule has 0 bridgehead atoms. The van der Waals surface area contributed by atoms with Gasteiger partial charge in [0.2, 0.25) is 0 Å². The Hall–Kier alpha value is -2.86. The Morgan fingerprint density at radius 3 is 2.42 bits per heavy atom. The van der Waals surface area contributed by atoms with E-state index in [0.717, 1.165) is 18.3 Å². The molecule has 1 N–H and O–H groups in total. The number of carbonyl (C=O) groups excluding carboxylic acids is 1. The first-order valence-corrected chi connectivity index (χ1v) is 7.89. The third kappa shape index (κ3) is 4.83. The minimum absolute atomic E-state index is 0.0887. The van der Waals surface area contributed by atoms with Crippen molar-refractivity contribution in [3.8, 4) is 0 Å². The molecule has 26 heavy (non-hydrogen) atoms. The molecule has 0 aliphatic heterocycles. The number of halogens is 1. The molecule has 0 aliphatic carbocycles. The lowest BCUT2D eigenvalue weighted by atomic mass is 10.1. The smallest absolute Gasteiger partial charge is 0.382 e. The monoisotopic (exact) mass is 428 g/mol. The Labute approximate surface area is 154 Å². The predicted molar refractivity (Wildman–Crippen MR) is 90.6 cm³/mol. The van der Waals surface area contributed by atoms with E-state index in [-0.39, 0.29) is 22.5 Å². The molecule has 1 aromatic heterocycles. The first kappa shape index (κ1) is 19.5. The number of imidazole rings is 1. The highest BCUT2D eigenvalue weighted by molar-refractivity contribution is 9.10. The zero-order chi connectivity index (χ0) is 19.5. The van der Waals surface area contributed by atoms with E-state index in [9.17, 15) is 30.1 Å². The minimum atomic E-state index is -1.53. The van der Waals surface area contributed by atoms with Gasteiger partial charge in [-0.1, -0.05) is 0 Å². The minimum Gasteiger partial charge on any atom is -0.459 e. The van der Waals surface area contributed by atoms with E-state index < -0.39 is 33.8 Å². The van der Waals surface area contributed by atoms with Crippen LogP contribution in [-0.2, 0) is 11.3 Å². The van der Waals surface area contributed by atoms with E-state index in [4.69, 9.17) is 4.74 Å². The molecule has 1 aromatic carbocycles. The second kappa shape index (κ2) is 7.58. The van der Waals surface area contributed by atoms with Crippen molar-refractivity contribution >= 4 is 33.4 Å². The summed E-state index contributed by atoms with van der Waals surface area (Å²) in [7, 11) is 0. The summed E-state index contributed by atoms with van der Waals surface area (Å²) in [5.41, 5.74) is -1.61. The van der Waals surface area contributed by atoms with Gasteiger partial charge in [0, 0.05) is 28.1 Å². The van der Waals surface area contributed by atoms with Crippen LogP contribution in [0.15, 0.2) is 35.2 Å². The fraction of sp³-hybridized carbons (Fsp3) is 0.286. The number of hydrogen-bond donors (Lipinski definition) is 1. The Bertz CT molecular complexity index is 847. The molecule has 12 heteroatoms. The van der Waals surface area contributed by atoms with E-state index in [1.807, 2.05) is 0 Å². The lowest BCUT2D eigenvalue weighted by molar-refractivity contribution is -0.389. The van der Waals surface area contributed by atoms with Crippen molar-refractivity contribution in [1.29, 1.82) is 0 Å². The average molecular weight is 429 g/mol. The number of carbonyl (C=O) groups is 1. The summed E-state index contributed by atoms with van der Waals surface area (Å²) in [5.74, 6) is -1.16. The van der Waals surface area contributed by atoms with Crippen molar-refractivity contribution in [2.45, 2.75) is 19.1 Å². The molecular weight excluding hydrogens is 416 g/mol. The summed E-state index contributed by atoms with van der Waals surface area (Å²) in [6.07, 6.45) is 1.14. The van der Waals surface area contributed by atoms with Gasteiger partial charge < -0.3 is 20.0 Å². The zero-order valence-corrected chi connectivity index (χ0v) is 15.0. The largest absolute Gasteiger partial charge is 0.459 e. The van der Waals surface area contributed by atoms with Crippen LogP contribution in [0.25, 0.3) is 0 Å². The molecule has 11 nitrogen and oxygen atoms in total. The number of ether oxygens (including phenoxy) is 1. The van der Waals surface area contributed by atoms with E-state index >= 15 is 0 Å². The third-order valence-electron chi connectivity index (χ3n) is 3.24. The molecule has 0 fully saturated rings. The fourth-order valence-electron chi connectivity index (χ4n) is 2.02. The highest BCUT2D eigenvalue weighted by Crippen LogP contribution is 2.20. The van der Waals surface area contributed by atoms with Gasteiger partial charge in [-0.3, -0.25) is 14.7 Å². The summed E-state index contributed by atoms with van der Waals surface area (Å²) in [6.45, 7) is 0.859. The van der Waals surface area contributed by atoms with Gasteiger partial charge >= 0.3 is 11.8 Å². The van der Waals surface area contributed by atoms with E-state index in [0.29, 0.717) is 0 Å². The Morgan fingerprint density at radius 1 is 1.31 bits per heavy atom. The SMILES string of the molecule is CC(O)(COC(=O)c1ccc([N+](=O)[O-])cc1)Cn1cc([N+](=O)[O-])nc1Br. The Kier molecular flexibility index (Phi) is 5.67. The number of non-ortho nitro benzene ring substituents is 1. The topological polar surface area (TPSA) is 151 Å². The highest BCUT2D eigenvalue weighted by atomic mass is 79.9. The lowest BCUT2D eigenvalue weighted by Gasteiger charge is -2.23. The maximum atomic E-state index is 12.0. The summed E-state index contributed by atoms with van der Waals surface area (Å²) in [5, 5.41) is 31.6. The molecule has 1 unspecified atom stereocenters. The molecular formula is C14H13BrN4O7. The van der Waals surface area contributed by atoms with Gasteiger partial charge in [0.25, 0.3) is 10.4 Å². The maximum Gasteiger partial charge on any atom is 0.382 e. The number of nitro groups is 2. The number of nitro benzene ring substituents is 1. The van der Waals surface area contributed by atoms with Crippen LogP contribution in [0.5, 0.6) is 0 Å². The number of aliphatic hydroxyl groups is 1. The second-order valence-electron chi connectivity index (χ2n) is 5.63. The van der Waals surface area contributed by atoms with Crippen LogP contribution >= 0.6 is 15.9 Å². The molecule has 138 valence electrons. The van der Waals surface area contributed by atoms with Gasteiger partial charge in [-0.25, -0.2) is 4.79 Å². The third-order valence-corrected chi connectivity index (χ3v) is 3.87. The molecule has 2 rings (SSSR count). The van der Waals surface area contributed by atoms with Crippen LogP contribution in [0.3, 0.4) is 0 Å². The second-order valence-corrected chi connectivity index (χ2v) is 6.34. The average Bonchev–Trinajstić information content (AvgIpc) is 2.93. The summed E-state index contributed by atoms with van der Waals surface area (Å²) < 4.78 is 6.47. The molecule has 0 amide bonds. The molecule has 0 spiro atoms. The van der Waals surface area contributed by atoms with E-state index in [2.05, 4.69) is 20.9 Å². The van der Waals surface area contributed by atoms with Crippen LogP contribution in [-0.4, -0.2) is 42.7 Å². The van der Waals surface area contributed by atoms with Crippen LogP contribution in [0.4, 0.5) is 11.5 Å². The molecule has 0 saturated heterocycles. The van der Waals surface area contributed by atoms with E-state index in [1.165, 1.54) is 23.6 Å². The first-order chi connectivity index (χ1) is 12.1. The summed E-state index contributed by atoms with van der Waals surface area (Å²) in [6, 6.07) is 4.81. The van der Waals surface area contributed by atoms with E-state index in [1.54, 1.807) is 0 Å². The van der Waals surface area contributed by atoms with Gasteiger partial charge in [-0.05, 0) is 29.0 Å². The van der Waals surface area contributed by atoms with Crippen molar-refractivity contribution in [1.82, 2.24) is 9.55 Å². The van der Waals surface area contributed by atoms with Crippen LogP contribution < -0.4 is 0 Å². The number of nitrogens with zero attached hydrogens (tertiary/aromatic N) is 4. The molecule has 0 aliphatic rings. The number of esters is 1. The standard InChI is InChI=1S/C14H13BrN4O7/c1-14(21,7-17-6-11(19(24)25)16-13(17)15)8-26-12(20)9-2-4-10(5-3-9)18(22)23/h2-6,21H,7-8H2,1H3. The highest BCUT2D eigenvalue weighted by Gasteiger charge is 2.27. The van der Waals surface area contributed by atoms with Gasteiger partial charge in [0.05, 0.1) is 17.0 Å². The Morgan fingerprint density at radius 2 is 1.92 bits per heavy atom. The Balaban J connectivity index is 1.99. The lowest BCUT2D eigenvalue weighted by Crippen LogP contribution is -2.36. The van der Waals surface area contributed by atoms with Gasteiger partial charge in [-0.2, -0.15) is 0 Å². The van der Waals surface area contributed by atoms with Gasteiger partial charge in [0.15, 0.2) is 0 Å². The van der Waals surface area contributed by atoms with Gasteiger partial charge in [-0.15, -0.1) is 0 Å². The van der Waals surface area contributed by atoms with Gasteiger partial charge in [0.1, 0.15) is 18.4 Å². The molecule has 0 saturated carbocycles. The number of benzene rings is 1. The van der Waals surface area contributed by atoms with Crippen molar-refractivity contribution in [2.75, 3.05) is 6.61 Å². The molecule has 1 heterocycles. The molecule has 0 radical (unpaired) electrons. The van der Waals surface area contributed by atoms with Crippen molar-refractivity contribution < 1.29 is 24.5 Å². The first-order valence-electron chi connectivity index (χ1n) is 7.10. The summed E-state index contributed by atoms with van der Waals surface area (Å²) in [4.78, 5) is 35.7. The fourth-order valence-corrected chi connectivity index (χ4v) is 2.42. The quantitative estimate of drug-likeness (QED) is 0.399. The van der Waals surface area contributed by atoms with Crippen LogP contribution in [0.2, 0.25) is 0 Å². The van der Waals surface area contributed by atoms with Crippen molar-refractivity contribution in [3.63, 3.8) is 0 Å². The van der Waals surface area contributed by atoms with Crippen LogP contribution in [0.1, 0.15) is 17.3 Å². The van der Waals surface area contributed by atoms with Crippen molar-refractivity contribution in [3.05, 3.63) is 61.0 Å². The number of rotatable bonds is 7. The predicted octanol–water partition coefficient (Wildman–Crippen LogP) is 2.07. The van der Waals surface area contributed by atoms with Crippen molar-refractivity contribution in [2.24, 2.45) is 0 Å². The number of aromatic nitrogens is 2.